The van der Waals surface area contributed by atoms with Gasteiger partial charge in [0.25, 0.3) is 5.91 Å². The lowest BCUT2D eigenvalue weighted by atomic mass is 10.2. The number of amides is 2. The van der Waals surface area contributed by atoms with Crippen molar-refractivity contribution in [2.75, 3.05) is 24.2 Å². The summed E-state index contributed by atoms with van der Waals surface area (Å²) in [6.45, 7) is 6.06. The van der Waals surface area contributed by atoms with E-state index in [0.29, 0.717) is 29.7 Å². The van der Waals surface area contributed by atoms with Gasteiger partial charge in [-0.05, 0) is 46.0 Å². The van der Waals surface area contributed by atoms with Crippen molar-refractivity contribution in [3.8, 4) is 5.75 Å². The molecule has 2 amide bonds. The Morgan fingerprint density at radius 3 is 2.86 bits per heavy atom. The number of nitrogens with one attached hydrogen (secondary N) is 2. The predicted octanol–water partition coefficient (Wildman–Crippen LogP) is 1.68. The van der Waals surface area contributed by atoms with Crippen LogP contribution in [0, 0.1) is 0 Å². The average molecular weight is 291 g/mol. The first-order valence-corrected chi connectivity index (χ1v) is 6.98. The summed E-state index contributed by atoms with van der Waals surface area (Å²) in [5, 5.41) is 5.57. The van der Waals surface area contributed by atoms with E-state index < -0.39 is 6.10 Å². The molecule has 114 valence electrons. The molecule has 1 heterocycles. The second-order valence-corrected chi connectivity index (χ2v) is 5.52. The van der Waals surface area contributed by atoms with Crippen LogP contribution in [0.1, 0.15) is 20.8 Å². The summed E-state index contributed by atoms with van der Waals surface area (Å²) in [7, 11) is 1.90. The van der Waals surface area contributed by atoms with Gasteiger partial charge in [0.05, 0.1) is 12.2 Å². The van der Waals surface area contributed by atoms with Gasteiger partial charge in [-0.15, -0.1) is 0 Å². The molecule has 0 fully saturated rings. The molecule has 0 saturated heterocycles. The zero-order chi connectivity index (χ0) is 15.6. The minimum Gasteiger partial charge on any atom is -0.479 e. The smallest absolute Gasteiger partial charge is 0.265 e. The van der Waals surface area contributed by atoms with E-state index >= 15 is 0 Å². The van der Waals surface area contributed by atoms with Crippen molar-refractivity contribution in [3.63, 3.8) is 0 Å². The predicted molar refractivity (Wildman–Crippen MR) is 81.6 cm³/mol. The van der Waals surface area contributed by atoms with Crippen molar-refractivity contribution in [1.29, 1.82) is 0 Å². The molecule has 0 radical (unpaired) electrons. The van der Waals surface area contributed by atoms with E-state index in [1.807, 2.05) is 25.8 Å². The molecule has 0 aliphatic carbocycles. The number of carbonyl (C=O) groups is 2. The van der Waals surface area contributed by atoms with E-state index in [1.165, 1.54) is 0 Å². The molecule has 0 saturated carbocycles. The Kier molecular flexibility index (Phi) is 4.47. The first-order valence-electron chi connectivity index (χ1n) is 6.98. The Labute approximate surface area is 124 Å². The fraction of sp³-hybridized carbons (Fsp3) is 0.467. The highest BCUT2D eigenvalue weighted by Crippen LogP contribution is 2.32. The zero-order valence-corrected chi connectivity index (χ0v) is 12.8. The molecule has 0 aromatic heterocycles. The van der Waals surface area contributed by atoms with Crippen molar-refractivity contribution in [2.45, 2.75) is 32.9 Å². The summed E-state index contributed by atoms with van der Waals surface area (Å²) in [5.74, 6) is 0.326. The number of hydrogen-bond donors (Lipinski definition) is 2. The summed E-state index contributed by atoms with van der Waals surface area (Å²) in [6, 6.07) is 5.50. The molecular weight excluding hydrogens is 270 g/mol. The highest BCUT2D eigenvalue weighted by atomic mass is 16.5. The van der Waals surface area contributed by atoms with Crippen molar-refractivity contribution >= 4 is 23.2 Å². The number of ether oxygens (including phenoxy) is 1. The maximum Gasteiger partial charge on any atom is 0.265 e. The Hall–Kier alpha value is -2.08. The Bertz CT molecular complexity index is 557. The monoisotopic (exact) mass is 291 g/mol. The van der Waals surface area contributed by atoms with Gasteiger partial charge in [-0.2, -0.15) is 0 Å². The maximum atomic E-state index is 11.9. The molecule has 1 atom stereocenters. The van der Waals surface area contributed by atoms with Crippen LogP contribution in [0.3, 0.4) is 0 Å². The third-order valence-electron chi connectivity index (χ3n) is 3.47. The largest absolute Gasteiger partial charge is 0.479 e. The molecule has 2 N–H and O–H groups in total. The van der Waals surface area contributed by atoms with Crippen molar-refractivity contribution < 1.29 is 14.3 Å². The number of benzene rings is 1. The standard InChI is InChI=1S/C15H21N3O3/c1-9(2)18(4)8-14(19)16-11-5-6-13-12(7-11)17-15(20)10(3)21-13/h5-7,9-10H,8H2,1-4H3,(H,16,19)(H,17,20)/t10-/m1/s1. The number of anilines is 2. The second-order valence-electron chi connectivity index (χ2n) is 5.52. The van der Waals surface area contributed by atoms with E-state index in [2.05, 4.69) is 10.6 Å². The summed E-state index contributed by atoms with van der Waals surface area (Å²) < 4.78 is 5.47. The Morgan fingerprint density at radius 2 is 2.19 bits per heavy atom. The van der Waals surface area contributed by atoms with Gasteiger partial charge in [0.2, 0.25) is 5.91 Å². The lowest BCUT2D eigenvalue weighted by Crippen LogP contribution is -2.35. The molecule has 6 heteroatoms. The molecule has 0 bridgehead atoms. The number of nitrogens with zero attached hydrogens (tertiary/aromatic N) is 1. The summed E-state index contributed by atoms with van der Waals surface area (Å²) in [5.41, 5.74) is 1.21. The minimum atomic E-state index is -0.502. The third kappa shape index (κ3) is 3.72. The lowest BCUT2D eigenvalue weighted by molar-refractivity contribution is -0.122. The van der Waals surface area contributed by atoms with Crippen LogP contribution in [0.2, 0.25) is 0 Å². The molecule has 2 rings (SSSR count). The fourth-order valence-electron chi connectivity index (χ4n) is 1.90. The van der Waals surface area contributed by atoms with Crippen LogP contribution in [0.5, 0.6) is 5.75 Å². The van der Waals surface area contributed by atoms with E-state index in [1.54, 1.807) is 25.1 Å². The molecule has 21 heavy (non-hydrogen) atoms. The summed E-state index contributed by atoms with van der Waals surface area (Å²) in [6.07, 6.45) is -0.502. The molecule has 0 spiro atoms. The summed E-state index contributed by atoms with van der Waals surface area (Å²) in [4.78, 5) is 25.5. The van der Waals surface area contributed by atoms with E-state index in [0.717, 1.165) is 0 Å². The van der Waals surface area contributed by atoms with Gasteiger partial charge in [0.15, 0.2) is 6.10 Å². The van der Waals surface area contributed by atoms with Crippen LogP contribution >= 0.6 is 0 Å². The number of fused-ring (bicyclic) bond motifs is 1. The molecular formula is C15H21N3O3. The average Bonchev–Trinajstić information content (AvgIpc) is 2.40. The molecule has 0 unspecified atom stereocenters. The first-order chi connectivity index (χ1) is 9.86. The van der Waals surface area contributed by atoms with Crippen molar-refractivity contribution in [1.82, 2.24) is 4.90 Å². The van der Waals surface area contributed by atoms with Crippen LogP contribution in [-0.2, 0) is 9.59 Å². The Balaban J connectivity index is 2.04. The number of rotatable bonds is 4. The quantitative estimate of drug-likeness (QED) is 0.885. The molecule has 1 aliphatic heterocycles. The van der Waals surface area contributed by atoms with Crippen LogP contribution in [-0.4, -0.2) is 42.5 Å². The van der Waals surface area contributed by atoms with Gasteiger partial charge in [-0.3, -0.25) is 14.5 Å². The first kappa shape index (κ1) is 15.3. The maximum absolute atomic E-state index is 11.9. The van der Waals surface area contributed by atoms with Crippen molar-refractivity contribution in [3.05, 3.63) is 18.2 Å². The lowest BCUT2D eigenvalue weighted by Gasteiger charge is -2.24. The SMILES string of the molecule is CC(C)N(C)CC(=O)Nc1ccc2c(c1)NC(=O)[C@@H](C)O2. The van der Waals surface area contributed by atoms with Gasteiger partial charge in [0.1, 0.15) is 5.75 Å². The van der Waals surface area contributed by atoms with Gasteiger partial charge < -0.3 is 15.4 Å². The van der Waals surface area contributed by atoms with E-state index in [9.17, 15) is 9.59 Å². The van der Waals surface area contributed by atoms with Gasteiger partial charge in [-0.25, -0.2) is 0 Å². The third-order valence-corrected chi connectivity index (χ3v) is 3.47. The van der Waals surface area contributed by atoms with Crippen molar-refractivity contribution in [2.24, 2.45) is 0 Å². The molecule has 1 aromatic rings. The van der Waals surface area contributed by atoms with E-state index in [4.69, 9.17) is 4.74 Å². The normalized spacial score (nSPS) is 17.2. The van der Waals surface area contributed by atoms with Crippen LogP contribution in [0.15, 0.2) is 18.2 Å². The fourth-order valence-corrected chi connectivity index (χ4v) is 1.90. The zero-order valence-electron chi connectivity index (χ0n) is 12.8. The van der Waals surface area contributed by atoms with E-state index in [-0.39, 0.29) is 11.8 Å². The summed E-state index contributed by atoms with van der Waals surface area (Å²) >= 11 is 0. The van der Waals surface area contributed by atoms with Gasteiger partial charge in [0, 0.05) is 11.7 Å². The number of carbonyl (C=O) groups excluding carboxylic acids is 2. The van der Waals surface area contributed by atoms with Crippen LogP contribution in [0.25, 0.3) is 0 Å². The number of hydrogen-bond acceptors (Lipinski definition) is 4. The molecule has 6 nitrogen and oxygen atoms in total. The topological polar surface area (TPSA) is 70.7 Å². The highest BCUT2D eigenvalue weighted by molar-refractivity contribution is 5.99. The minimum absolute atomic E-state index is 0.0948. The van der Waals surface area contributed by atoms with Crippen LogP contribution in [0.4, 0.5) is 11.4 Å². The van der Waals surface area contributed by atoms with Gasteiger partial charge in [-0.1, -0.05) is 0 Å². The van der Waals surface area contributed by atoms with Crippen LogP contribution < -0.4 is 15.4 Å². The van der Waals surface area contributed by atoms with Gasteiger partial charge >= 0.3 is 0 Å². The number of likely N-dealkylation sites (N-methyl/N-ethyl adjacent to an activating group) is 1. The molecule has 1 aliphatic rings. The molecule has 1 aromatic carbocycles. The Morgan fingerprint density at radius 1 is 1.48 bits per heavy atom. The second kappa shape index (κ2) is 6.13. The highest BCUT2D eigenvalue weighted by Gasteiger charge is 2.23.